The maximum Gasteiger partial charge on any atom is 0.251 e. The maximum absolute atomic E-state index is 12.6. The summed E-state index contributed by atoms with van der Waals surface area (Å²) >= 11 is 0. The lowest BCUT2D eigenvalue weighted by atomic mass is 10.1. The van der Waals surface area contributed by atoms with Gasteiger partial charge in [0.15, 0.2) is 0 Å². The van der Waals surface area contributed by atoms with Crippen LogP contribution in [0.25, 0.3) is 0 Å². The standard InChI is InChI=1S/C30H30NOP/c1-30(2,3)31-29(32)25-21-19-24(20-22-25)23-33(26-13-7-4-8-14-26,27-15-9-5-10-16-27)28-17-11-6-12-18-28/h4-22H,23H2,1-3H3/p+1. The fourth-order valence-corrected chi connectivity index (χ4v) is 8.46. The number of amides is 1. The normalized spacial score (nSPS) is 11.7. The maximum atomic E-state index is 12.6. The Morgan fingerprint density at radius 2 is 1.03 bits per heavy atom. The molecule has 0 aromatic heterocycles. The second-order valence-corrected chi connectivity index (χ2v) is 12.9. The van der Waals surface area contributed by atoms with Crippen molar-refractivity contribution in [3.05, 3.63) is 126 Å². The van der Waals surface area contributed by atoms with E-state index in [0.717, 1.165) is 6.16 Å². The molecule has 0 aliphatic heterocycles. The molecule has 3 heteroatoms. The first-order valence-corrected chi connectivity index (χ1v) is 13.3. The van der Waals surface area contributed by atoms with Crippen LogP contribution in [0.5, 0.6) is 0 Å². The van der Waals surface area contributed by atoms with Crippen LogP contribution in [0.3, 0.4) is 0 Å². The molecular weight excluding hydrogens is 421 g/mol. The highest BCUT2D eigenvalue weighted by Crippen LogP contribution is 2.58. The Balaban J connectivity index is 1.80. The summed E-state index contributed by atoms with van der Waals surface area (Å²) in [7, 11) is -1.95. The van der Waals surface area contributed by atoms with Crippen LogP contribution in [0.1, 0.15) is 36.7 Å². The van der Waals surface area contributed by atoms with Gasteiger partial charge in [-0.05, 0) is 74.9 Å². The first kappa shape index (κ1) is 23.0. The quantitative estimate of drug-likeness (QED) is 0.373. The largest absolute Gasteiger partial charge is 0.347 e. The van der Waals surface area contributed by atoms with E-state index in [0.29, 0.717) is 5.56 Å². The second-order valence-electron chi connectivity index (χ2n) is 9.38. The summed E-state index contributed by atoms with van der Waals surface area (Å²) in [4.78, 5) is 12.6. The summed E-state index contributed by atoms with van der Waals surface area (Å²) in [5.41, 5.74) is 1.66. The Labute approximate surface area is 198 Å². The van der Waals surface area contributed by atoms with Gasteiger partial charge in [-0.1, -0.05) is 66.7 Å². The SMILES string of the molecule is CC(C)(C)NC(=O)c1ccc(C[P+](c2ccccc2)(c2ccccc2)c2ccccc2)cc1. The van der Waals surface area contributed by atoms with Gasteiger partial charge >= 0.3 is 0 Å². The lowest BCUT2D eigenvalue weighted by molar-refractivity contribution is 0.0919. The van der Waals surface area contributed by atoms with Crippen molar-refractivity contribution in [3.8, 4) is 0 Å². The van der Waals surface area contributed by atoms with Crippen LogP contribution in [-0.4, -0.2) is 11.4 Å². The summed E-state index contributed by atoms with van der Waals surface area (Å²) in [5, 5.41) is 7.12. The van der Waals surface area contributed by atoms with Gasteiger partial charge in [0, 0.05) is 11.1 Å². The van der Waals surface area contributed by atoms with Crippen molar-refractivity contribution in [2.75, 3.05) is 0 Å². The minimum absolute atomic E-state index is 0.0377. The van der Waals surface area contributed by atoms with Crippen molar-refractivity contribution in [1.82, 2.24) is 5.32 Å². The molecular formula is C30H31NOP+. The van der Waals surface area contributed by atoms with Crippen molar-refractivity contribution in [2.24, 2.45) is 0 Å². The van der Waals surface area contributed by atoms with E-state index < -0.39 is 7.26 Å². The molecule has 0 bridgehead atoms. The molecule has 1 N–H and O–H groups in total. The molecule has 0 unspecified atom stereocenters. The van der Waals surface area contributed by atoms with Gasteiger partial charge in [0.2, 0.25) is 0 Å². The Hall–Kier alpha value is -3.22. The topological polar surface area (TPSA) is 29.1 Å². The highest BCUT2D eigenvalue weighted by molar-refractivity contribution is 7.95. The van der Waals surface area contributed by atoms with Crippen LogP contribution in [0, 0.1) is 0 Å². The van der Waals surface area contributed by atoms with E-state index in [1.165, 1.54) is 21.5 Å². The molecule has 4 aromatic carbocycles. The molecule has 4 aromatic rings. The molecule has 0 fully saturated rings. The third kappa shape index (κ3) is 5.24. The first-order chi connectivity index (χ1) is 15.9. The van der Waals surface area contributed by atoms with Gasteiger partial charge in [-0.2, -0.15) is 0 Å². The van der Waals surface area contributed by atoms with Crippen LogP contribution in [0.15, 0.2) is 115 Å². The molecule has 0 spiro atoms. The van der Waals surface area contributed by atoms with E-state index in [-0.39, 0.29) is 11.4 Å². The molecule has 0 aliphatic rings. The Kier molecular flexibility index (Phi) is 6.77. The Morgan fingerprint density at radius 3 is 1.39 bits per heavy atom. The summed E-state index contributed by atoms with van der Waals surface area (Å²) in [6, 6.07) is 40.8. The summed E-state index contributed by atoms with van der Waals surface area (Å²) in [6.45, 7) is 5.99. The van der Waals surface area contributed by atoms with E-state index in [1.54, 1.807) is 0 Å². The number of carbonyl (C=O) groups excluding carboxylic acids is 1. The van der Waals surface area contributed by atoms with Crippen LogP contribution in [0.2, 0.25) is 0 Å². The average Bonchev–Trinajstić information content (AvgIpc) is 2.83. The molecule has 0 saturated heterocycles. The summed E-state index contributed by atoms with van der Waals surface area (Å²) in [6.07, 6.45) is 0.895. The van der Waals surface area contributed by atoms with Gasteiger partial charge in [0.1, 0.15) is 23.2 Å². The predicted octanol–water partition coefficient (Wildman–Crippen LogP) is 5.71. The van der Waals surface area contributed by atoms with Crippen molar-refractivity contribution in [3.63, 3.8) is 0 Å². The first-order valence-electron chi connectivity index (χ1n) is 11.3. The van der Waals surface area contributed by atoms with E-state index in [9.17, 15) is 4.79 Å². The summed E-state index contributed by atoms with van der Waals surface area (Å²) in [5.74, 6) is -0.0377. The van der Waals surface area contributed by atoms with Crippen molar-refractivity contribution in [1.29, 1.82) is 0 Å². The molecule has 0 heterocycles. The monoisotopic (exact) mass is 452 g/mol. The highest BCUT2D eigenvalue weighted by Gasteiger charge is 2.45. The van der Waals surface area contributed by atoms with E-state index in [2.05, 4.69) is 108 Å². The minimum atomic E-state index is -1.95. The van der Waals surface area contributed by atoms with Gasteiger partial charge in [-0.15, -0.1) is 0 Å². The van der Waals surface area contributed by atoms with Crippen LogP contribution in [-0.2, 0) is 6.16 Å². The van der Waals surface area contributed by atoms with Gasteiger partial charge in [-0.3, -0.25) is 4.79 Å². The van der Waals surface area contributed by atoms with Crippen molar-refractivity contribution in [2.45, 2.75) is 32.5 Å². The lowest BCUT2D eigenvalue weighted by Crippen LogP contribution is -2.40. The van der Waals surface area contributed by atoms with E-state index in [1.807, 2.05) is 32.9 Å². The molecule has 0 atom stereocenters. The predicted molar refractivity (Wildman–Crippen MR) is 143 cm³/mol. The molecule has 0 radical (unpaired) electrons. The number of nitrogens with one attached hydrogen (secondary N) is 1. The van der Waals surface area contributed by atoms with Gasteiger partial charge in [-0.25, -0.2) is 0 Å². The molecule has 0 saturated carbocycles. The fourth-order valence-electron chi connectivity index (χ4n) is 4.22. The third-order valence-electron chi connectivity index (χ3n) is 5.72. The van der Waals surface area contributed by atoms with Gasteiger partial charge in [0.05, 0.1) is 6.16 Å². The van der Waals surface area contributed by atoms with Crippen LogP contribution < -0.4 is 21.2 Å². The minimum Gasteiger partial charge on any atom is -0.347 e. The molecule has 2 nitrogen and oxygen atoms in total. The van der Waals surface area contributed by atoms with Gasteiger partial charge < -0.3 is 5.32 Å². The Bertz CT molecular complexity index is 1080. The second kappa shape index (κ2) is 9.73. The third-order valence-corrected chi connectivity index (χ3v) is 10.1. The van der Waals surface area contributed by atoms with Crippen LogP contribution in [0.4, 0.5) is 0 Å². The number of benzene rings is 4. The van der Waals surface area contributed by atoms with Crippen LogP contribution >= 0.6 is 7.26 Å². The van der Waals surface area contributed by atoms with E-state index in [4.69, 9.17) is 0 Å². The molecule has 33 heavy (non-hydrogen) atoms. The Morgan fingerprint density at radius 1 is 0.636 bits per heavy atom. The number of rotatable bonds is 6. The summed E-state index contributed by atoms with van der Waals surface area (Å²) < 4.78 is 0. The van der Waals surface area contributed by atoms with Crippen molar-refractivity contribution < 1.29 is 4.79 Å². The fraction of sp³-hybridized carbons (Fsp3) is 0.167. The zero-order valence-electron chi connectivity index (χ0n) is 19.5. The van der Waals surface area contributed by atoms with Gasteiger partial charge in [0.25, 0.3) is 5.91 Å². The highest BCUT2D eigenvalue weighted by atomic mass is 31.2. The average molecular weight is 453 g/mol. The zero-order valence-corrected chi connectivity index (χ0v) is 20.4. The zero-order chi connectivity index (χ0) is 23.3. The molecule has 4 rings (SSSR count). The molecule has 1 amide bonds. The number of hydrogen-bond donors (Lipinski definition) is 1. The molecule has 0 aliphatic carbocycles. The van der Waals surface area contributed by atoms with E-state index >= 15 is 0 Å². The smallest absolute Gasteiger partial charge is 0.251 e. The number of carbonyl (C=O) groups is 1. The number of hydrogen-bond acceptors (Lipinski definition) is 1. The van der Waals surface area contributed by atoms with Crippen molar-refractivity contribution >= 4 is 29.1 Å². The molecule has 166 valence electrons. The lowest BCUT2D eigenvalue weighted by Gasteiger charge is -2.28.